The molecule has 134 valence electrons. The van der Waals surface area contributed by atoms with Gasteiger partial charge in [0.2, 0.25) is 6.41 Å². The molecule has 1 unspecified atom stereocenters. The lowest BCUT2D eigenvalue weighted by Crippen LogP contribution is -2.55. The number of ether oxygens (including phenoxy) is 1. The predicted octanol–water partition coefficient (Wildman–Crippen LogP) is 2.12. The van der Waals surface area contributed by atoms with E-state index in [2.05, 4.69) is 9.88 Å². The van der Waals surface area contributed by atoms with Gasteiger partial charge in [0.15, 0.2) is 5.13 Å². The van der Waals surface area contributed by atoms with Gasteiger partial charge in [0, 0.05) is 25.8 Å². The number of benzene rings is 1. The van der Waals surface area contributed by atoms with Crippen LogP contribution >= 0.6 is 11.3 Å². The molecule has 3 aromatic rings. The summed E-state index contributed by atoms with van der Waals surface area (Å²) in [6, 6.07) is 8.85. The smallest absolute Gasteiger partial charge is 0.209 e. The highest BCUT2D eigenvalue weighted by atomic mass is 32.1. The molecule has 0 aliphatic carbocycles. The van der Waals surface area contributed by atoms with Crippen molar-refractivity contribution in [1.29, 1.82) is 0 Å². The van der Waals surface area contributed by atoms with Gasteiger partial charge in [-0.25, -0.2) is 4.98 Å². The van der Waals surface area contributed by atoms with E-state index in [9.17, 15) is 9.90 Å². The Bertz CT molecular complexity index is 902. The van der Waals surface area contributed by atoms with Crippen molar-refractivity contribution in [3.05, 3.63) is 42.7 Å². The number of thiazole rings is 1. The van der Waals surface area contributed by atoms with Gasteiger partial charge in [-0.1, -0.05) is 11.3 Å². The lowest BCUT2D eigenvalue weighted by atomic mass is 10.2. The minimum atomic E-state index is -0.0108. The van der Waals surface area contributed by atoms with Crippen LogP contribution in [0, 0.1) is 0 Å². The zero-order chi connectivity index (χ0) is 17.9. The number of aromatic nitrogens is 2. The number of phenols is 1. The largest absolute Gasteiger partial charge is 0.508 e. The van der Waals surface area contributed by atoms with E-state index >= 15 is 0 Å². The highest BCUT2D eigenvalue weighted by Gasteiger charge is 2.29. The number of hydrogen-bond donors (Lipinski definition) is 1. The fourth-order valence-corrected chi connectivity index (χ4v) is 4.11. The summed E-state index contributed by atoms with van der Waals surface area (Å²) in [6.45, 7) is 2.34. The fourth-order valence-electron chi connectivity index (χ4n) is 3.02. The van der Waals surface area contributed by atoms with Crippen molar-refractivity contribution >= 4 is 33.1 Å². The monoisotopic (exact) mass is 370 g/mol. The van der Waals surface area contributed by atoms with Crippen LogP contribution in [0.15, 0.2) is 42.7 Å². The molecular weight excluding hydrogens is 352 g/mol. The minimum Gasteiger partial charge on any atom is -0.508 e. The van der Waals surface area contributed by atoms with Gasteiger partial charge in [0.05, 0.1) is 22.5 Å². The van der Waals surface area contributed by atoms with E-state index in [4.69, 9.17) is 9.72 Å². The second-order valence-electron chi connectivity index (χ2n) is 6.10. The van der Waals surface area contributed by atoms with E-state index in [1.54, 1.807) is 29.4 Å². The maximum absolute atomic E-state index is 11.2. The van der Waals surface area contributed by atoms with Crippen molar-refractivity contribution < 1.29 is 14.6 Å². The average Bonchev–Trinajstić information content (AvgIpc) is 3.09. The van der Waals surface area contributed by atoms with Crippen molar-refractivity contribution in [2.45, 2.75) is 6.04 Å². The van der Waals surface area contributed by atoms with Crippen LogP contribution < -0.4 is 9.64 Å². The second kappa shape index (κ2) is 7.17. The molecule has 1 aliphatic rings. The van der Waals surface area contributed by atoms with Crippen molar-refractivity contribution in [2.24, 2.45) is 0 Å². The summed E-state index contributed by atoms with van der Waals surface area (Å²) >= 11 is 1.53. The maximum atomic E-state index is 11.2. The standard InChI is InChI=1S/C18H18N4O3S/c23-12-21-6-7-22(13(10-21)11-25-15-2-1-5-19-9-15)18-20-16-4-3-14(24)8-17(16)26-18/h1-5,8-9,12-13,24H,6-7,10-11H2. The second-order valence-corrected chi connectivity index (χ2v) is 7.10. The first-order valence-corrected chi connectivity index (χ1v) is 9.13. The molecule has 4 rings (SSSR count). The zero-order valence-corrected chi connectivity index (χ0v) is 14.8. The number of pyridine rings is 1. The Labute approximate surface area is 154 Å². The number of phenolic OH excluding ortho intramolecular Hbond substituents is 1. The zero-order valence-electron chi connectivity index (χ0n) is 14.0. The summed E-state index contributed by atoms with van der Waals surface area (Å²) in [6.07, 6.45) is 4.25. The molecule has 1 aliphatic heterocycles. The average molecular weight is 370 g/mol. The lowest BCUT2D eigenvalue weighted by molar-refractivity contribution is -0.119. The van der Waals surface area contributed by atoms with Crippen LogP contribution in [0.1, 0.15) is 0 Å². The highest BCUT2D eigenvalue weighted by molar-refractivity contribution is 7.22. The van der Waals surface area contributed by atoms with E-state index in [1.165, 1.54) is 11.3 Å². The molecule has 0 radical (unpaired) electrons. The van der Waals surface area contributed by atoms with Crippen molar-refractivity contribution in [1.82, 2.24) is 14.9 Å². The predicted molar refractivity (Wildman–Crippen MR) is 99.8 cm³/mol. The first-order valence-electron chi connectivity index (χ1n) is 8.31. The van der Waals surface area contributed by atoms with Crippen LogP contribution in [0.5, 0.6) is 11.5 Å². The summed E-state index contributed by atoms with van der Waals surface area (Å²) < 4.78 is 6.81. The van der Waals surface area contributed by atoms with Gasteiger partial charge in [0.1, 0.15) is 18.1 Å². The molecule has 3 heterocycles. The highest BCUT2D eigenvalue weighted by Crippen LogP contribution is 2.33. The van der Waals surface area contributed by atoms with Gasteiger partial charge in [0.25, 0.3) is 0 Å². The van der Waals surface area contributed by atoms with Crippen LogP contribution in [0.3, 0.4) is 0 Å². The minimum absolute atomic E-state index is 0.0108. The molecule has 1 fully saturated rings. The Morgan fingerprint density at radius 2 is 2.27 bits per heavy atom. The number of amides is 1. The Balaban J connectivity index is 1.57. The van der Waals surface area contributed by atoms with E-state index in [0.29, 0.717) is 32.0 Å². The topological polar surface area (TPSA) is 78.8 Å². The van der Waals surface area contributed by atoms with E-state index in [-0.39, 0.29) is 11.8 Å². The molecule has 26 heavy (non-hydrogen) atoms. The summed E-state index contributed by atoms with van der Waals surface area (Å²) in [4.78, 5) is 23.9. The number of anilines is 1. The summed E-state index contributed by atoms with van der Waals surface area (Å²) in [5, 5.41) is 10.5. The van der Waals surface area contributed by atoms with Gasteiger partial charge in [-0.05, 0) is 30.3 Å². The summed E-state index contributed by atoms with van der Waals surface area (Å²) in [7, 11) is 0. The number of nitrogens with zero attached hydrogens (tertiary/aromatic N) is 4. The molecule has 0 saturated carbocycles. The molecule has 0 spiro atoms. The van der Waals surface area contributed by atoms with Crippen molar-refractivity contribution in [3.63, 3.8) is 0 Å². The first-order chi connectivity index (χ1) is 12.7. The van der Waals surface area contributed by atoms with Crippen LogP contribution in [-0.2, 0) is 4.79 Å². The molecule has 7 nitrogen and oxygen atoms in total. The Hall–Kier alpha value is -2.87. The van der Waals surface area contributed by atoms with Crippen molar-refractivity contribution in [3.8, 4) is 11.5 Å². The Morgan fingerprint density at radius 1 is 1.35 bits per heavy atom. The molecule has 1 aromatic carbocycles. The summed E-state index contributed by atoms with van der Waals surface area (Å²) in [5.41, 5.74) is 0.854. The number of carbonyl (C=O) groups excluding carboxylic acids is 1. The number of aromatic hydroxyl groups is 1. The van der Waals surface area contributed by atoms with Crippen LogP contribution in [0.25, 0.3) is 10.2 Å². The molecule has 2 aromatic heterocycles. The third-order valence-electron chi connectivity index (χ3n) is 4.35. The maximum Gasteiger partial charge on any atom is 0.209 e. The van der Waals surface area contributed by atoms with E-state index in [1.807, 2.05) is 18.2 Å². The van der Waals surface area contributed by atoms with Gasteiger partial charge >= 0.3 is 0 Å². The third-order valence-corrected chi connectivity index (χ3v) is 5.40. The normalized spacial score (nSPS) is 17.5. The van der Waals surface area contributed by atoms with Crippen LogP contribution in [-0.4, -0.2) is 58.7 Å². The van der Waals surface area contributed by atoms with Gasteiger partial charge in [-0.3, -0.25) is 9.78 Å². The van der Waals surface area contributed by atoms with Crippen LogP contribution in [0.4, 0.5) is 5.13 Å². The van der Waals surface area contributed by atoms with E-state index in [0.717, 1.165) is 21.8 Å². The molecule has 1 amide bonds. The number of piperazine rings is 1. The number of fused-ring (bicyclic) bond motifs is 1. The molecule has 8 heteroatoms. The third kappa shape index (κ3) is 3.41. The number of rotatable bonds is 5. The number of hydrogen-bond acceptors (Lipinski definition) is 7. The molecular formula is C18H18N4O3S. The molecule has 1 atom stereocenters. The number of carbonyl (C=O) groups is 1. The SMILES string of the molecule is O=CN1CCN(c2nc3ccc(O)cc3s2)C(COc2cccnc2)C1. The Morgan fingerprint density at radius 3 is 3.08 bits per heavy atom. The quantitative estimate of drug-likeness (QED) is 0.693. The van der Waals surface area contributed by atoms with Gasteiger partial charge in [-0.2, -0.15) is 0 Å². The Kier molecular flexibility index (Phi) is 4.57. The first kappa shape index (κ1) is 16.6. The fraction of sp³-hybridized carbons (Fsp3) is 0.278. The van der Waals surface area contributed by atoms with E-state index < -0.39 is 0 Å². The molecule has 1 saturated heterocycles. The molecule has 0 bridgehead atoms. The van der Waals surface area contributed by atoms with Crippen molar-refractivity contribution in [2.75, 3.05) is 31.1 Å². The summed E-state index contributed by atoms with van der Waals surface area (Å²) in [5.74, 6) is 0.930. The van der Waals surface area contributed by atoms with Crippen LogP contribution in [0.2, 0.25) is 0 Å². The lowest BCUT2D eigenvalue weighted by Gasteiger charge is -2.39. The van der Waals surface area contributed by atoms with Gasteiger partial charge in [-0.15, -0.1) is 0 Å². The molecule has 1 N–H and O–H groups in total. The van der Waals surface area contributed by atoms with Gasteiger partial charge < -0.3 is 19.6 Å².